The van der Waals surface area contributed by atoms with Gasteiger partial charge in [-0.1, -0.05) is 29.5 Å². The molecule has 0 saturated carbocycles. The van der Waals surface area contributed by atoms with Crippen molar-refractivity contribution in [2.45, 2.75) is 50.4 Å². The molecule has 452 valence electrons. The molecule has 2 aromatic carbocycles. The van der Waals surface area contributed by atoms with Crippen LogP contribution in [-0.2, 0) is 82.6 Å². The number of hydroxylamine groups is 2. The minimum absolute atomic E-state index is 0.0460. The summed E-state index contributed by atoms with van der Waals surface area (Å²) < 4.78 is 67.8. The zero-order valence-electron chi connectivity index (χ0n) is 46.3. The third-order valence-electron chi connectivity index (χ3n) is 12.6. The summed E-state index contributed by atoms with van der Waals surface area (Å²) in [7, 11) is 0. The van der Waals surface area contributed by atoms with E-state index in [4.69, 9.17) is 61.7 Å². The average molecular weight is 1160 g/mol. The number of amides is 6. The lowest BCUT2D eigenvalue weighted by atomic mass is 9.87. The number of nitrogens with one attached hydrogen (secondary N) is 2. The van der Waals surface area contributed by atoms with Gasteiger partial charge in [0.15, 0.2) is 6.23 Å². The Hall–Kier alpha value is -6.30. The molecule has 3 aliphatic rings. The molecule has 0 bridgehead atoms. The molecular weight excluding hydrogens is 1080 g/mol. The predicted molar refractivity (Wildman–Crippen MR) is 288 cm³/mol. The van der Waals surface area contributed by atoms with Gasteiger partial charge < -0.3 is 82.3 Å². The summed E-state index contributed by atoms with van der Waals surface area (Å²) in [6.45, 7) is 10.8. The quantitative estimate of drug-likeness (QED) is 0.0538. The molecule has 1 aromatic heterocycles. The first-order valence-electron chi connectivity index (χ1n) is 27.5. The Bertz CT molecular complexity index is 2420. The molecule has 1 atom stereocenters. The summed E-state index contributed by atoms with van der Waals surface area (Å²) in [6, 6.07) is 14.8. The van der Waals surface area contributed by atoms with E-state index in [1.165, 1.54) is 0 Å². The van der Waals surface area contributed by atoms with Crippen molar-refractivity contribution in [2.24, 2.45) is 0 Å². The van der Waals surface area contributed by atoms with Crippen molar-refractivity contribution in [3.8, 4) is 17.3 Å². The number of hydrogen-bond donors (Lipinski definition) is 3. The Balaban J connectivity index is 0.631. The van der Waals surface area contributed by atoms with Crippen LogP contribution in [-0.4, -0.2) is 243 Å². The average Bonchev–Trinajstić information content (AvgIpc) is 4.26. The normalized spacial score (nSPS) is 15.9. The van der Waals surface area contributed by atoms with Gasteiger partial charge in [0, 0.05) is 37.2 Å². The standard InChI is InChI=1S/C54H77N9O19/c55-41-44-4-1-2-7-47(44)62-51(67)54(57-53(62)69)11-13-60(14-12-54)52(68)56-45-6-3-5-43(40-45)46-42-61(59-58-46)15-17-71-19-21-73-23-25-75-27-29-77-31-33-79-35-37-81-39-38-80-36-34-78-32-30-76-28-26-74-24-22-72-20-18-70-16-10-50(66)82-63-48(64)8-9-49(63)65/h1-7,40,42,48,64H,8-39H2,(H,56,68)(H,57,69). The minimum atomic E-state index is -1.15. The number of piperidine rings is 1. The number of urea groups is 2. The highest BCUT2D eigenvalue weighted by atomic mass is 16.7. The molecule has 82 heavy (non-hydrogen) atoms. The fraction of sp³-hybridized carbons (Fsp3) is 0.630. The number of carbonyl (C=O) groups excluding carboxylic acids is 5. The summed E-state index contributed by atoms with van der Waals surface area (Å²) >= 11 is 0. The number of aliphatic hydroxyl groups is 1. The topological polar surface area (TPSA) is 314 Å². The van der Waals surface area contributed by atoms with Crippen molar-refractivity contribution in [2.75, 3.05) is 182 Å². The molecule has 3 fully saturated rings. The lowest BCUT2D eigenvalue weighted by Crippen LogP contribution is -2.56. The van der Waals surface area contributed by atoms with Crippen molar-refractivity contribution in [1.82, 2.24) is 30.3 Å². The number of benzene rings is 2. The fourth-order valence-corrected chi connectivity index (χ4v) is 8.28. The lowest BCUT2D eigenvalue weighted by Gasteiger charge is -2.37. The summed E-state index contributed by atoms with van der Waals surface area (Å²) in [4.78, 5) is 70.5. The number of anilines is 2. The Labute approximate surface area is 476 Å². The number of hydrogen-bond acceptors (Lipinski definition) is 22. The van der Waals surface area contributed by atoms with E-state index in [1.807, 2.05) is 18.2 Å². The van der Waals surface area contributed by atoms with E-state index in [9.17, 15) is 34.3 Å². The first-order chi connectivity index (χ1) is 40.2. The van der Waals surface area contributed by atoms with Crippen molar-refractivity contribution in [1.29, 1.82) is 5.26 Å². The maximum atomic E-state index is 13.5. The number of aliphatic hydroxyl groups excluding tert-OH is 1. The molecule has 1 spiro atoms. The van der Waals surface area contributed by atoms with Crippen LogP contribution in [0.4, 0.5) is 21.0 Å². The van der Waals surface area contributed by atoms with Crippen LogP contribution in [0.3, 0.4) is 0 Å². The molecule has 3 saturated heterocycles. The van der Waals surface area contributed by atoms with Crippen LogP contribution >= 0.6 is 0 Å². The fourth-order valence-electron chi connectivity index (χ4n) is 8.28. The molecular formula is C54H77N9O19. The highest BCUT2D eigenvalue weighted by molar-refractivity contribution is 6.24. The number of likely N-dealkylation sites (tertiary alicyclic amines) is 1. The Kier molecular flexibility index (Phi) is 29.8. The Morgan fingerprint density at radius 2 is 1.15 bits per heavy atom. The summed E-state index contributed by atoms with van der Waals surface area (Å²) in [5.41, 5.74) is 1.26. The minimum Gasteiger partial charge on any atom is -0.378 e. The highest BCUT2D eigenvalue weighted by Crippen LogP contribution is 2.34. The molecule has 4 heterocycles. The first kappa shape index (κ1) is 64.9. The van der Waals surface area contributed by atoms with Crippen molar-refractivity contribution in [3.63, 3.8) is 0 Å². The summed E-state index contributed by atoms with van der Waals surface area (Å²) in [6.07, 6.45) is 1.52. The molecule has 0 radical (unpaired) electrons. The van der Waals surface area contributed by atoms with Gasteiger partial charge in [-0.3, -0.25) is 9.59 Å². The zero-order chi connectivity index (χ0) is 57.9. The predicted octanol–water partition coefficient (Wildman–Crippen LogP) is 1.93. The largest absolute Gasteiger partial charge is 0.378 e. The van der Waals surface area contributed by atoms with Crippen LogP contribution in [0.25, 0.3) is 11.3 Å². The SMILES string of the molecule is N#Cc1ccccc1N1C(=O)NC2(CCN(C(=O)Nc3cccc(-c4cn(CCOCCOCCOCCOCCOCCOCCOCCOCCOCCOCCOCCOCCC(=O)ON5C(=O)CCC5O)nn4)c3)CC2)C1=O. The van der Waals surface area contributed by atoms with Gasteiger partial charge in [-0.05, 0) is 37.1 Å². The monoisotopic (exact) mass is 1160 g/mol. The van der Waals surface area contributed by atoms with Crippen molar-refractivity contribution in [3.05, 3.63) is 60.3 Å². The van der Waals surface area contributed by atoms with Crippen molar-refractivity contribution < 1.29 is 90.8 Å². The molecule has 3 aliphatic heterocycles. The van der Waals surface area contributed by atoms with E-state index in [1.54, 1.807) is 52.2 Å². The smallest absolute Gasteiger partial charge is 0.334 e. The third kappa shape index (κ3) is 22.8. The molecule has 6 rings (SSSR count). The summed E-state index contributed by atoms with van der Waals surface area (Å²) in [5, 5.41) is 34.1. The van der Waals surface area contributed by atoms with E-state index < -0.39 is 35.6 Å². The zero-order valence-corrected chi connectivity index (χ0v) is 46.3. The molecule has 28 heteroatoms. The molecule has 3 N–H and O–H groups in total. The second-order valence-electron chi connectivity index (χ2n) is 18.4. The Morgan fingerprint density at radius 1 is 0.659 bits per heavy atom. The van der Waals surface area contributed by atoms with Gasteiger partial charge in [-0.25, -0.2) is 24.0 Å². The number of ether oxygens (including phenoxy) is 12. The van der Waals surface area contributed by atoms with E-state index in [0.717, 1.165) is 10.5 Å². The molecule has 0 aliphatic carbocycles. The molecule has 6 amide bonds. The Morgan fingerprint density at radius 3 is 1.63 bits per heavy atom. The van der Waals surface area contributed by atoms with Gasteiger partial charge in [0.05, 0.1) is 189 Å². The van der Waals surface area contributed by atoms with Crippen LogP contribution in [0, 0.1) is 11.3 Å². The van der Waals surface area contributed by atoms with Gasteiger partial charge in [0.1, 0.15) is 17.3 Å². The molecule has 28 nitrogen and oxygen atoms in total. The highest BCUT2D eigenvalue weighted by Gasteiger charge is 2.53. The van der Waals surface area contributed by atoms with Gasteiger partial charge in [-0.15, -0.1) is 10.2 Å². The molecule has 1 unspecified atom stereocenters. The van der Waals surface area contributed by atoms with Crippen LogP contribution in [0.1, 0.15) is 37.7 Å². The maximum absolute atomic E-state index is 13.5. The van der Waals surface area contributed by atoms with Gasteiger partial charge >= 0.3 is 18.0 Å². The number of carbonyl (C=O) groups is 5. The second kappa shape index (κ2) is 37.7. The summed E-state index contributed by atoms with van der Waals surface area (Å²) in [5.74, 6) is -1.50. The van der Waals surface area contributed by atoms with Crippen LogP contribution in [0.5, 0.6) is 0 Å². The lowest BCUT2D eigenvalue weighted by molar-refractivity contribution is -0.221. The number of imide groups is 1. The van der Waals surface area contributed by atoms with E-state index in [2.05, 4.69) is 20.9 Å². The van der Waals surface area contributed by atoms with Crippen LogP contribution < -0.4 is 15.5 Å². The molecule has 3 aromatic rings. The van der Waals surface area contributed by atoms with Crippen molar-refractivity contribution >= 4 is 41.2 Å². The number of nitriles is 1. The number of rotatable bonds is 43. The maximum Gasteiger partial charge on any atom is 0.334 e. The third-order valence-corrected chi connectivity index (χ3v) is 12.6. The van der Waals surface area contributed by atoms with Gasteiger partial charge in [0.2, 0.25) is 0 Å². The number of para-hydroxylation sites is 1. The van der Waals surface area contributed by atoms with E-state index in [-0.39, 0.29) is 75.7 Å². The second-order valence-corrected chi connectivity index (χ2v) is 18.4. The van der Waals surface area contributed by atoms with Crippen LogP contribution in [0.2, 0.25) is 0 Å². The van der Waals surface area contributed by atoms with E-state index in [0.29, 0.717) is 168 Å². The van der Waals surface area contributed by atoms with Crippen LogP contribution in [0.15, 0.2) is 54.7 Å². The number of aromatic nitrogens is 3. The first-order valence-corrected chi connectivity index (χ1v) is 27.5. The van der Waals surface area contributed by atoms with Gasteiger partial charge in [0.25, 0.3) is 11.8 Å². The van der Waals surface area contributed by atoms with Gasteiger partial charge in [-0.2, -0.15) is 5.26 Å². The van der Waals surface area contributed by atoms with E-state index >= 15 is 0 Å². The number of nitrogens with zero attached hydrogens (tertiary/aromatic N) is 7.